The standard InChI is InChI=1S/C25H31N5O4/c1-4-5-6-7-8-12-15-18-21(31)29(16-17-13-10-9-11-14-17)24-26-20-19(30(24)22(18)32)23(33)28(3)25(34)27(20)2/h9-11,13-14,32H,4-8,12,15-16H2,1-3H3. The van der Waals surface area contributed by atoms with E-state index in [0.717, 1.165) is 42.2 Å². The number of nitrogens with zero attached hydrogens (tertiary/aromatic N) is 5. The Morgan fingerprint density at radius 1 is 0.882 bits per heavy atom. The van der Waals surface area contributed by atoms with E-state index in [4.69, 9.17) is 0 Å². The lowest BCUT2D eigenvalue weighted by molar-refractivity contribution is 0.432. The zero-order valence-corrected chi connectivity index (χ0v) is 20.0. The van der Waals surface area contributed by atoms with Crippen LogP contribution in [0, 0.1) is 0 Å². The molecule has 0 bridgehead atoms. The number of imidazole rings is 1. The zero-order valence-electron chi connectivity index (χ0n) is 20.0. The fourth-order valence-corrected chi connectivity index (χ4v) is 4.46. The summed E-state index contributed by atoms with van der Waals surface area (Å²) in [5.41, 5.74) is -0.0874. The maximum atomic E-state index is 13.6. The van der Waals surface area contributed by atoms with E-state index in [1.807, 2.05) is 30.3 Å². The molecular weight excluding hydrogens is 434 g/mol. The maximum Gasteiger partial charge on any atom is 0.332 e. The predicted molar refractivity (Wildman–Crippen MR) is 132 cm³/mol. The summed E-state index contributed by atoms with van der Waals surface area (Å²) in [5.74, 6) is -0.150. The molecule has 3 aromatic heterocycles. The van der Waals surface area contributed by atoms with Crippen molar-refractivity contribution in [3.8, 4) is 5.88 Å². The molecule has 0 saturated carbocycles. The molecule has 0 spiro atoms. The van der Waals surface area contributed by atoms with Crippen LogP contribution in [0.4, 0.5) is 0 Å². The van der Waals surface area contributed by atoms with Crippen molar-refractivity contribution in [3.63, 3.8) is 0 Å². The first-order chi connectivity index (χ1) is 16.4. The molecule has 0 aliphatic heterocycles. The zero-order chi connectivity index (χ0) is 24.4. The molecule has 0 atom stereocenters. The topological polar surface area (TPSA) is 104 Å². The van der Waals surface area contributed by atoms with Gasteiger partial charge in [0.05, 0.1) is 12.1 Å². The van der Waals surface area contributed by atoms with Gasteiger partial charge in [0.2, 0.25) is 11.7 Å². The van der Waals surface area contributed by atoms with Crippen molar-refractivity contribution in [1.82, 2.24) is 23.1 Å². The van der Waals surface area contributed by atoms with Gasteiger partial charge in [-0.05, 0) is 18.4 Å². The molecule has 9 nitrogen and oxygen atoms in total. The number of aromatic nitrogens is 5. The second-order valence-electron chi connectivity index (χ2n) is 8.82. The minimum absolute atomic E-state index is 0.0723. The molecule has 0 saturated heterocycles. The Kier molecular flexibility index (Phi) is 6.72. The van der Waals surface area contributed by atoms with Crippen molar-refractivity contribution in [2.45, 2.75) is 58.4 Å². The number of fused-ring (bicyclic) bond motifs is 3. The number of benzene rings is 1. The fourth-order valence-electron chi connectivity index (χ4n) is 4.46. The summed E-state index contributed by atoms with van der Waals surface area (Å²) in [5, 5.41) is 11.2. The van der Waals surface area contributed by atoms with Crippen molar-refractivity contribution in [2.24, 2.45) is 14.1 Å². The van der Waals surface area contributed by atoms with Gasteiger partial charge in [0.1, 0.15) is 0 Å². The first-order valence-corrected chi connectivity index (χ1v) is 11.8. The van der Waals surface area contributed by atoms with Crippen LogP contribution in [-0.4, -0.2) is 28.2 Å². The van der Waals surface area contributed by atoms with Crippen LogP contribution >= 0.6 is 0 Å². The highest BCUT2D eigenvalue weighted by Crippen LogP contribution is 2.23. The average Bonchev–Trinajstić information content (AvgIpc) is 3.24. The fraction of sp³-hybridized carbons (Fsp3) is 0.440. The smallest absolute Gasteiger partial charge is 0.332 e. The number of hydrogen-bond donors (Lipinski definition) is 1. The van der Waals surface area contributed by atoms with E-state index in [0.29, 0.717) is 6.42 Å². The van der Waals surface area contributed by atoms with E-state index in [1.54, 1.807) is 0 Å². The van der Waals surface area contributed by atoms with Gasteiger partial charge in [-0.15, -0.1) is 0 Å². The normalized spacial score (nSPS) is 11.6. The molecule has 180 valence electrons. The second-order valence-corrected chi connectivity index (χ2v) is 8.82. The van der Waals surface area contributed by atoms with Crippen LogP contribution in [0.15, 0.2) is 44.7 Å². The van der Waals surface area contributed by atoms with Crippen LogP contribution < -0.4 is 16.8 Å². The molecule has 0 unspecified atom stereocenters. The van der Waals surface area contributed by atoms with E-state index >= 15 is 0 Å². The molecule has 4 aromatic rings. The number of aromatic hydroxyl groups is 1. The second kappa shape index (κ2) is 9.70. The minimum Gasteiger partial charge on any atom is -0.494 e. The van der Waals surface area contributed by atoms with Crippen molar-refractivity contribution >= 4 is 16.9 Å². The van der Waals surface area contributed by atoms with E-state index < -0.39 is 11.2 Å². The van der Waals surface area contributed by atoms with Gasteiger partial charge >= 0.3 is 5.69 Å². The van der Waals surface area contributed by atoms with Crippen molar-refractivity contribution in [2.75, 3.05) is 0 Å². The largest absolute Gasteiger partial charge is 0.494 e. The van der Waals surface area contributed by atoms with Crippen molar-refractivity contribution in [1.29, 1.82) is 0 Å². The third-order valence-corrected chi connectivity index (χ3v) is 6.43. The minimum atomic E-state index is -0.573. The SMILES string of the molecule is CCCCCCCCc1c(O)n2c3c(=O)n(C)c(=O)n(C)c3nc2n(Cc2ccccc2)c1=O. The Hall–Kier alpha value is -3.62. The Bertz CT molecular complexity index is 1510. The van der Waals surface area contributed by atoms with Crippen LogP contribution in [0.3, 0.4) is 0 Å². The Balaban J connectivity index is 1.93. The van der Waals surface area contributed by atoms with Gasteiger partial charge in [-0.3, -0.25) is 23.3 Å². The summed E-state index contributed by atoms with van der Waals surface area (Å²) in [6.45, 7) is 2.39. The Labute approximate surface area is 196 Å². The first-order valence-electron chi connectivity index (χ1n) is 11.8. The van der Waals surface area contributed by atoms with E-state index in [-0.39, 0.29) is 40.5 Å². The highest BCUT2D eigenvalue weighted by atomic mass is 16.3. The van der Waals surface area contributed by atoms with Crippen LogP contribution in [-0.2, 0) is 27.1 Å². The monoisotopic (exact) mass is 465 g/mol. The molecule has 1 aromatic carbocycles. The third-order valence-electron chi connectivity index (χ3n) is 6.43. The number of unbranched alkanes of at least 4 members (excludes halogenated alkanes) is 5. The molecule has 0 radical (unpaired) electrons. The predicted octanol–water partition coefficient (Wildman–Crippen LogP) is 2.70. The van der Waals surface area contributed by atoms with Gasteiger partial charge < -0.3 is 5.11 Å². The Morgan fingerprint density at radius 3 is 2.26 bits per heavy atom. The summed E-state index contributed by atoms with van der Waals surface area (Å²) < 4.78 is 5.04. The summed E-state index contributed by atoms with van der Waals surface area (Å²) in [6, 6.07) is 9.47. The van der Waals surface area contributed by atoms with E-state index in [2.05, 4.69) is 11.9 Å². The van der Waals surface area contributed by atoms with Gasteiger partial charge in [0.15, 0.2) is 11.2 Å². The van der Waals surface area contributed by atoms with Crippen molar-refractivity contribution < 1.29 is 5.11 Å². The number of aryl methyl sites for hydroxylation is 1. The molecule has 4 rings (SSSR count). The third kappa shape index (κ3) is 4.06. The molecule has 0 amide bonds. The molecule has 3 heterocycles. The van der Waals surface area contributed by atoms with Crippen LogP contribution in [0.1, 0.15) is 56.6 Å². The Morgan fingerprint density at radius 2 is 1.56 bits per heavy atom. The van der Waals surface area contributed by atoms with Gasteiger partial charge in [0, 0.05) is 14.1 Å². The van der Waals surface area contributed by atoms with E-state index in [1.165, 1.54) is 34.1 Å². The lowest BCUT2D eigenvalue weighted by Crippen LogP contribution is -2.37. The molecular formula is C25H31N5O4. The summed E-state index contributed by atoms with van der Waals surface area (Å²) in [6.07, 6.45) is 6.68. The van der Waals surface area contributed by atoms with Gasteiger partial charge in [-0.2, -0.15) is 4.98 Å². The van der Waals surface area contributed by atoms with E-state index in [9.17, 15) is 19.5 Å². The summed E-state index contributed by atoms with van der Waals surface area (Å²) in [7, 11) is 2.90. The number of hydrogen-bond acceptors (Lipinski definition) is 5. The first kappa shape index (κ1) is 23.5. The highest BCUT2D eigenvalue weighted by Gasteiger charge is 2.24. The quantitative estimate of drug-likeness (QED) is 0.383. The molecule has 1 N–H and O–H groups in total. The van der Waals surface area contributed by atoms with Crippen molar-refractivity contribution in [3.05, 3.63) is 72.7 Å². The lowest BCUT2D eigenvalue weighted by atomic mass is 10.1. The molecule has 0 aliphatic rings. The van der Waals surface area contributed by atoms with Gasteiger partial charge in [0.25, 0.3) is 11.1 Å². The number of rotatable bonds is 9. The molecule has 0 fully saturated rings. The van der Waals surface area contributed by atoms with Crippen LogP contribution in [0.5, 0.6) is 5.88 Å². The highest BCUT2D eigenvalue weighted by molar-refractivity contribution is 5.76. The van der Waals surface area contributed by atoms with Crippen LogP contribution in [0.2, 0.25) is 0 Å². The maximum absolute atomic E-state index is 13.6. The van der Waals surface area contributed by atoms with Crippen LogP contribution in [0.25, 0.3) is 16.9 Å². The summed E-state index contributed by atoms with van der Waals surface area (Å²) >= 11 is 0. The van der Waals surface area contributed by atoms with Gasteiger partial charge in [-0.25, -0.2) is 9.20 Å². The summed E-state index contributed by atoms with van der Waals surface area (Å²) in [4.78, 5) is 43.6. The average molecular weight is 466 g/mol. The lowest BCUT2D eigenvalue weighted by Gasteiger charge is -2.13. The molecule has 0 aliphatic carbocycles. The van der Waals surface area contributed by atoms with Gasteiger partial charge in [-0.1, -0.05) is 69.4 Å². The molecule has 9 heteroatoms. The molecule has 34 heavy (non-hydrogen) atoms.